The van der Waals surface area contributed by atoms with Crippen molar-refractivity contribution < 1.29 is 4.74 Å². The van der Waals surface area contributed by atoms with Crippen molar-refractivity contribution in [3.05, 3.63) is 87.2 Å². The van der Waals surface area contributed by atoms with Crippen molar-refractivity contribution in [1.29, 1.82) is 0 Å². The number of H-pyrrole nitrogens is 1. The Morgan fingerprint density at radius 1 is 1.03 bits per heavy atom. The predicted octanol–water partition coefficient (Wildman–Crippen LogP) is 1.41. The quantitative estimate of drug-likeness (QED) is 0.431. The molecule has 5 aromatic rings. The molecule has 31 heavy (non-hydrogen) atoms. The summed E-state index contributed by atoms with van der Waals surface area (Å²) in [5, 5.41) is 7.47. The first-order chi connectivity index (χ1) is 15.1. The average molecular weight is 415 g/mol. The predicted molar refractivity (Wildman–Crippen MR) is 113 cm³/mol. The van der Waals surface area contributed by atoms with Crippen LogP contribution in [0.15, 0.2) is 64.7 Å². The summed E-state index contributed by atoms with van der Waals surface area (Å²) in [6.07, 6.45) is 6.65. The van der Waals surface area contributed by atoms with Crippen LogP contribution >= 0.6 is 0 Å². The van der Waals surface area contributed by atoms with E-state index in [1.54, 1.807) is 54.7 Å². The van der Waals surface area contributed by atoms with Crippen molar-refractivity contribution in [3.8, 4) is 5.95 Å². The van der Waals surface area contributed by atoms with E-state index in [2.05, 4.69) is 25.1 Å². The van der Waals surface area contributed by atoms with Gasteiger partial charge in [0.2, 0.25) is 0 Å². The molecule has 5 rings (SSSR count). The van der Waals surface area contributed by atoms with E-state index in [-0.39, 0.29) is 23.7 Å². The summed E-state index contributed by atoms with van der Waals surface area (Å²) in [5.41, 5.74) is 1.32. The van der Waals surface area contributed by atoms with Gasteiger partial charge in [0.15, 0.2) is 5.82 Å². The zero-order valence-electron chi connectivity index (χ0n) is 16.5. The van der Waals surface area contributed by atoms with Crippen LogP contribution in [0, 0.1) is 0 Å². The van der Waals surface area contributed by atoms with Crippen molar-refractivity contribution in [2.24, 2.45) is 0 Å². The molecule has 10 heteroatoms. The van der Waals surface area contributed by atoms with Crippen LogP contribution in [-0.4, -0.2) is 41.4 Å². The first kappa shape index (κ1) is 18.8. The first-order valence-electron chi connectivity index (χ1n) is 9.49. The lowest BCUT2D eigenvalue weighted by Gasteiger charge is -2.08. The fraction of sp³-hybridized carbons (Fsp3) is 0.143. The van der Waals surface area contributed by atoms with Crippen LogP contribution in [0.5, 0.6) is 0 Å². The van der Waals surface area contributed by atoms with E-state index in [0.717, 1.165) is 5.56 Å². The van der Waals surface area contributed by atoms with Crippen molar-refractivity contribution in [2.45, 2.75) is 13.2 Å². The van der Waals surface area contributed by atoms with Gasteiger partial charge in [0.05, 0.1) is 28.4 Å². The Balaban J connectivity index is 1.64. The second-order valence-corrected chi connectivity index (χ2v) is 6.97. The molecule has 5 heterocycles. The third kappa shape index (κ3) is 3.38. The molecule has 0 saturated carbocycles. The number of aromatic nitrogens is 7. The smallest absolute Gasteiger partial charge is 0.267 e. The van der Waals surface area contributed by atoms with Crippen LogP contribution < -0.4 is 11.1 Å². The number of pyridine rings is 4. The first-order valence-corrected chi connectivity index (χ1v) is 9.49. The number of nitrogens with zero attached hydrogens (tertiary/aromatic N) is 6. The number of rotatable bonds is 5. The second kappa shape index (κ2) is 7.58. The fourth-order valence-corrected chi connectivity index (χ4v) is 3.43. The molecule has 0 amide bonds. The molecule has 0 unspecified atom stereocenters. The van der Waals surface area contributed by atoms with Crippen molar-refractivity contribution in [3.63, 3.8) is 0 Å². The van der Waals surface area contributed by atoms with Gasteiger partial charge in [-0.25, -0.2) is 9.55 Å². The minimum Gasteiger partial charge on any atom is -0.377 e. The van der Waals surface area contributed by atoms with Crippen LogP contribution in [0.4, 0.5) is 0 Å². The highest BCUT2D eigenvalue weighted by molar-refractivity contribution is 5.91. The summed E-state index contributed by atoms with van der Waals surface area (Å²) in [6.45, 7) is 0.622. The number of methoxy groups -OCH3 is 1. The normalized spacial score (nSPS) is 11.4. The lowest BCUT2D eigenvalue weighted by molar-refractivity contribution is 0.178. The van der Waals surface area contributed by atoms with Gasteiger partial charge < -0.3 is 9.30 Å². The third-order valence-corrected chi connectivity index (χ3v) is 4.91. The number of hydrogen-bond acceptors (Lipinski definition) is 7. The van der Waals surface area contributed by atoms with E-state index in [4.69, 9.17) is 4.74 Å². The Morgan fingerprint density at radius 2 is 1.84 bits per heavy atom. The zero-order valence-corrected chi connectivity index (χ0v) is 16.5. The fourth-order valence-electron chi connectivity index (χ4n) is 3.43. The molecule has 0 aromatic carbocycles. The highest BCUT2D eigenvalue weighted by atomic mass is 16.5. The van der Waals surface area contributed by atoms with E-state index in [9.17, 15) is 9.59 Å². The van der Waals surface area contributed by atoms with Gasteiger partial charge in [0, 0.05) is 31.9 Å². The minimum atomic E-state index is -0.364. The summed E-state index contributed by atoms with van der Waals surface area (Å²) in [7, 11) is 1.54. The van der Waals surface area contributed by atoms with Gasteiger partial charge in [0.1, 0.15) is 6.61 Å². The molecule has 10 nitrogen and oxygen atoms in total. The maximum absolute atomic E-state index is 13.1. The van der Waals surface area contributed by atoms with Gasteiger partial charge in [-0.05, 0) is 29.8 Å². The standard InChI is InChI=1S/C21H17N7O3/c1-31-12-18-24-21(26-25-18)28-8-5-17-15(20(28)30)9-14-16(23-17)4-7-27(19(14)29)11-13-3-2-6-22-10-13/h2-10H,11-12H2,1H3,(H,24,25,26). The number of ether oxygens (including phenoxy) is 1. The van der Waals surface area contributed by atoms with Crippen molar-refractivity contribution in [2.75, 3.05) is 7.11 Å². The van der Waals surface area contributed by atoms with Gasteiger partial charge in [-0.3, -0.25) is 19.7 Å². The monoisotopic (exact) mass is 415 g/mol. The molecule has 0 aliphatic heterocycles. The van der Waals surface area contributed by atoms with E-state index in [1.165, 1.54) is 4.57 Å². The van der Waals surface area contributed by atoms with Gasteiger partial charge in [-0.15, -0.1) is 5.10 Å². The Kier molecular flexibility index (Phi) is 4.60. The number of hydrogen-bond donors (Lipinski definition) is 1. The molecule has 0 bridgehead atoms. The highest BCUT2D eigenvalue weighted by Gasteiger charge is 2.13. The molecule has 0 aliphatic carbocycles. The summed E-state index contributed by atoms with van der Waals surface area (Å²) >= 11 is 0. The van der Waals surface area contributed by atoms with Crippen molar-refractivity contribution in [1.82, 2.24) is 34.3 Å². The van der Waals surface area contributed by atoms with Crippen LogP contribution in [0.2, 0.25) is 0 Å². The Morgan fingerprint density at radius 3 is 2.61 bits per heavy atom. The molecule has 0 spiro atoms. The Bertz CT molecular complexity index is 1520. The van der Waals surface area contributed by atoms with Crippen LogP contribution in [0.3, 0.4) is 0 Å². The van der Waals surface area contributed by atoms with Gasteiger partial charge in [-0.1, -0.05) is 6.07 Å². The molecule has 0 fully saturated rings. The van der Waals surface area contributed by atoms with Gasteiger partial charge in [-0.2, -0.15) is 4.98 Å². The molecule has 0 atom stereocenters. The molecule has 5 aromatic heterocycles. The topological polar surface area (TPSA) is 121 Å². The van der Waals surface area contributed by atoms with Crippen molar-refractivity contribution >= 4 is 21.8 Å². The molecular formula is C21H17N7O3. The molecule has 154 valence electrons. The van der Waals surface area contributed by atoms with Crippen LogP contribution in [-0.2, 0) is 17.9 Å². The number of fused-ring (bicyclic) bond motifs is 2. The van der Waals surface area contributed by atoms with E-state index >= 15 is 0 Å². The molecule has 0 radical (unpaired) electrons. The summed E-state index contributed by atoms with van der Waals surface area (Å²) in [4.78, 5) is 39.0. The second-order valence-electron chi connectivity index (χ2n) is 6.97. The van der Waals surface area contributed by atoms with E-state index in [1.807, 2.05) is 12.1 Å². The molecule has 1 N–H and O–H groups in total. The summed E-state index contributed by atoms with van der Waals surface area (Å²) in [6, 6.07) is 8.77. The third-order valence-electron chi connectivity index (χ3n) is 4.91. The van der Waals surface area contributed by atoms with Gasteiger partial charge in [0.25, 0.3) is 17.1 Å². The number of nitrogens with one attached hydrogen (secondary N) is 1. The van der Waals surface area contributed by atoms with E-state index in [0.29, 0.717) is 34.2 Å². The number of aromatic amines is 1. The van der Waals surface area contributed by atoms with Crippen LogP contribution in [0.1, 0.15) is 11.4 Å². The maximum atomic E-state index is 13.1. The largest absolute Gasteiger partial charge is 0.377 e. The highest BCUT2D eigenvalue weighted by Crippen LogP contribution is 2.15. The Labute approximate surface area is 174 Å². The zero-order chi connectivity index (χ0) is 21.4. The molecular weight excluding hydrogens is 398 g/mol. The minimum absolute atomic E-state index is 0.195. The summed E-state index contributed by atoms with van der Waals surface area (Å²) < 4.78 is 7.90. The lowest BCUT2D eigenvalue weighted by Crippen LogP contribution is -2.22. The Hall–Kier alpha value is -4.18. The SMILES string of the molecule is COCc1nc(-n2ccc3nc4ccn(Cc5cccnc5)c(=O)c4cc3c2=O)n[nH]1. The molecule has 0 saturated heterocycles. The summed E-state index contributed by atoms with van der Waals surface area (Å²) in [5.74, 6) is 0.695. The van der Waals surface area contributed by atoms with E-state index < -0.39 is 0 Å². The van der Waals surface area contributed by atoms with Crippen LogP contribution in [0.25, 0.3) is 27.8 Å². The average Bonchev–Trinajstić information content (AvgIpc) is 3.25. The maximum Gasteiger partial charge on any atom is 0.267 e. The lowest BCUT2D eigenvalue weighted by atomic mass is 10.2. The molecule has 0 aliphatic rings. The van der Waals surface area contributed by atoms with Gasteiger partial charge >= 0.3 is 0 Å².